The molecule has 1 aliphatic heterocycles. The minimum atomic E-state index is 0.0329. The van der Waals surface area contributed by atoms with E-state index in [9.17, 15) is 4.79 Å². The van der Waals surface area contributed by atoms with Crippen LogP contribution in [0.3, 0.4) is 0 Å². The normalized spacial score (nSPS) is 15.7. The van der Waals surface area contributed by atoms with Crippen molar-refractivity contribution in [3.8, 4) is 16.9 Å². The zero-order chi connectivity index (χ0) is 24.2. The van der Waals surface area contributed by atoms with Gasteiger partial charge in [0.2, 0.25) is 5.95 Å². The molecule has 1 atom stereocenters. The first-order valence-electron chi connectivity index (χ1n) is 11.7. The van der Waals surface area contributed by atoms with E-state index >= 15 is 0 Å². The molecule has 0 radical (unpaired) electrons. The Hall–Kier alpha value is -4.20. The number of anilines is 1. The van der Waals surface area contributed by atoms with E-state index in [-0.39, 0.29) is 17.8 Å². The third kappa shape index (κ3) is 4.87. The first kappa shape index (κ1) is 22.6. The summed E-state index contributed by atoms with van der Waals surface area (Å²) in [7, 11) is 1.65. The second kappa shape index (κ2) is 9.97. The maximum absolute atomic E-state index is 13.6. The largest absolute Gasteiger partial charge is 0.497 e. The van der Waals surface area contributed by atoms with Crippen molar-refractivity contribution >= 4 is 11.9 Å². The topological polar surface area (TPSA) is 99.2 Å². The van der Waals surface area contributed by atoms with Crippen LogP contribution >= 0.6 is 0 Å². The van der Waals surface area contributed by atoms with E-state index in [1.54, 1.807) is 19.5 Å². The maximum atomic E-state index is 13.6. The predicted molar refractivity (Wildman–Crippen MR) is 134 cm³/mol. The Kier molecular flexibility index (Phi) is 6.43. The number of amides is 1. The molecule has 0 spiro atoms. The summed E-state index contributed by atoms with van der Waals surface area (Å²) in [5, 5.41) is 4.29. The van der Waals surface area contributed by atoms with Crippen LogP contribution in [0.2, 0.25) is 0 Å². The van der Waals surface area contributed by atoms with Gasteiger partial charge in [0.05, 0.1) is 19.3 Å². The lowest BCUT2D eigenvalue weighted by Gasteiger charge is -2.33. The van der Waals surface area contributed by atoms with Gasteiger partial charge in [0.1, 0.15) is 5.75 Å². The highest BCUT2D eigenvalue weighted by molar-refractivity contribution is 5.95. The Morgan fingerprint density at radius 3 is 2.74 bits per heavy atom. The maximum Gasteiger partial charge on any atom is 0.254 e. The van der Waals surface area contributed by atoms with Gasteiger partial charge in [-0.3, -0.25) is 9.48 Å². The van der Waals surface area contributed by atoms with Gasteiger partial charge >= 0.3 is 0 Å². The molecule has 8 heteroatoms. The molecule has 1 saturated heterocycles. The highest BCUT2D eigenvalue weighted by atomic mass is 16.5. The molecule has 2 aromatic carbocycles. The van der Waals surface area contributed by atoms with E-state index in [4.69, 9.17) is 10.5 Å². The molecule has 1 aliphatic rings. The van der Waals surface area contributed by atoms with Crippen molar-refractivity contribution < 1.29 is 9.53 Å². The van der Waals surface area contributed by atoms with Crippen molar-refractivity contribution in [1.29, 1.82) is 0 Å². The van der Waals surface area contributed by atoms with Crippen molar-refractivity contribution in [3.63, 3.8) is 0 Å². The number of carbonyl (C=O) groups excluding carboxylic acids is 1. The number of methoxy groups -OCH3 is 1. The molecule has 1 amide bonds. The molecular weight excluding hydrogens is 440 g/mol. The quantitative estimate of drug-likeness (QED) is 0.459. The molecule has 2 aromatic heterocycles. The third-order valence-electron chi connectivity index (χ3n) is 6.47. The smallest absolute Gasteiger partial charge is 0.254 e. The number of carbonyl (C=O) groups is 1. The van der Waals surface area contributed by atoms with Crippen LogP contribution in [0.25, 0.3) is 11.1 Å². The number of hydrogen-bond acceptors (Lipinski definition) is 6. The van der Waals surface area contributed by atoms with Gasteiger partial charge in [0.25, 0.3) is 5.91 Å². The number of benzene rings is 2. The molecule has 0 saturated carbocycles. The van der Waals surface area contributed by atoms with Crippen LogP contribution in [0.1, 0.15) is 40.4 Å². The molecule has 8 nitrogen and oxygen atoms in total. The van der Waals surface area contributed by atoms with Crippen LogP contribution in [0.4, 0.5) is 5.95 Å². The number of rotatable bonds is 6. The van der Waals surface area contributed by atoms with E-state index in [1.807, 2.05) is 70.4 Å². The Morgan fingerprint density at radius 2 is 1.97 bits per heavy atom. The van der Waals surface area contributed by atoms with Gasteiger partial charge in [-0.15, -0.1) is 0 Å². The lowest BCUT2D eigenvalue weighted by Crippen LogP contribution is -2.40. The van der Waals surface area contributed by atoms with Crippen molar-refractivity contribution in [2.75, 3.05) is 25.9 Å². The van der Waals surface area contributed by atoms with E-state index in [0.717, 1.165) is 41.0 Å². The molecule has 0 bridgehead atoms. The fourth-order valence-electron chi connectivity index (χ4n) is 4.70. The predicted octanol–water partition coefficient (Wildman–Crippen LogP) is 4.00. The number of aromatic nitrogens is 4. The summed E-state index contributed by atoms with van der Waals surface area (Å²) in [4.78, 5) is 24.5. The van der Waals surface area contributed by atoms with Gasteiger partial charge in [-0.05, 0) is 48.2 Å². The SMILES string of the molecule is COc1ccc(-c2cnc(N)nc2C2CCCN(C(=O)c3ccccc3Cn3cccn3)C2)cc1. The number of piperidine rings is 1. The molecule has 0 aliphatic carbocycles. The zero-order valence-electron chi connectivity index (χ0n) is 19.7. The average molecular weight is 469 g/mol. The van der Waals surface area contributed by atoms with Crippen molar-refractivity contribution in [2.24, 2.45) is 0 Å². The summed E-state index contributed by atoms with van der Waals surface area (Å²) >= 11 is 0. The van der Waals surface area contributed by atoms with Crippen molar-refractivity contribution in [3.05, 3.63) is 90.0 Å². The fourth-order valence-corrected chi connectivity index (χ4v) is 4.70. The molecule has 1 fully saturated rings. The second-order valence-corrected chi connectivity index (χ2v) is 8.71. The average Bonchev–Trinajstić information content (AvgIpc) is 3.42. The second-order valence-electron chi connectivity index (χ2n) is 8.71. The number of likely N-dealkylation sites (tertiary alicyclic amines) is 1. The first-order chi connectivity index (χ1) is 17.1. The fraction of sp³-hybridized carbons (Fsp3) is 0.259. The summed E-state index contributed by atoms with van der Waals surface area (Å²) in [5.41, 5.74) is 10.5. The molecule has 2 N–H and O–H groups in total. The Morgan fingerprint density at radius 1 is 1.14 bits per heavy atom. The Labute approximate surface area is 204 Å². The van der Waals surface area contributed by atoms with Gasteiger partial charge in [0.15, 0.2) is 0 Å². The number of nitrogens with two attached hydrogens (primary N) is 1. The van der Waals surface area contributed by atoms with Crippen molar-refractivity contribution in [2.45, 2.75) is 25.3 Å². The summed E-state index contributed by atoms with van der Waals surface area (Å²) in [6.45, 7) is 1.84. The highest BCUT2D eigenvalue weighted by Gasteiger charge is 2.29. The molecule has 5 rings (SSSR count). The summed E-state index contributed by atoms with van der Waals surface area (Å²) in [5.74, 6) is 1.12. The van der Waals surface area contributed by atoms with Gasteiger partial charge in [-0.2, -0.15) is 5.10 Å². The third-order valence-corrected chi connectivity index (χ3v) is 6.47. The van der Waals surface area contributed by atoms with E-state index < -0.39 is 0 Å². The van der Waals surface area contributed by atoms with Crippen LogP contribution in [0, 0.1) is 0 Å². The number of nitrogens with zero attached hydrogens (tertiary/aromatic N) is 5. The van der Waals surface area contributed by atoms with Crippen LogP contribution < -0.4 is 10.5 Å². The minimum Gasteiger partial charge on any atom is -0.497 e. The summed E-state index contributed by atoms with van der Waals surface area (Å²) in [6.07, 6.45) is 7.24. The van der Waals surface area contributed by atoms with E-state index in [1.165, 1.54) is 0 Å². The van der Waals surface area contributed by atoms with Crippen LogP contribution in [0.15, 0.2) is 73.2 Å². The summed E-state index contributed by atoms with van der Waals surface area (Å²) in [6, 6.07) is 17.5. The monoisotopic (exact) mass is 468 g/mol. The molecule has 35 heavy (non-hydrogen) atoms. The molecule has 178 valence electrons. The van der Waals surface area contributed by atoms with Crippen molar-refractivity contribution in [1.82, 2.24) is 24.6 Å². The lowest BCUT2D eigenvalue weighted by molar-refractivity contribution is 0.0705. The molecule has 1 unspecified atom stereocenters. The van der Waals surface area contributed by atoms with Crippen LogP contribution in [-0.4, -0.2) is 50.8 Å². The van der Waals surface area contributed by atoms with Crippen LogP contribution in [-0.2, 0) is 6.54 Å². The van der Waals surface area contributed by atoms with Crippen LogP contribution in [0.5, 0.6) is 5.75 Å². The van der Waals surface area contributed by atoms with Gasteiger partial charge in [0, 0.05) is 48.7 Å². The highest BCUT2D eigenvalue weighted by Crippen LogP contribution is 2.34. The number of nitrogen functional groups attached to an aromatic ring is 1. The molecule has 4 aromatic rings. The number of hydrogen-bond donors (Lipinski definition) is 1. The Bertz CT molecular complexity index is 1300. The summed E-state index contributed by atoms with van der Waals surface area (Å²) < 4.78 is 7.12. The Balaban J connectivity index is 1.41. The van der Waals surface area contributed by atoms with Gasteiger partial charge < -0.3 is 15.4 Å². The lowest BCUT2D eigenvalue weighted by atomic mass is 9.89. The zero-order valence-corrected chi connectivity index (χ0v) is 19.7. The standard InChI is InChI=1S/C27H28N6O2/c1-35-22-11-9-19(10-12-22)24-16-29-27(28)31-25(24)21-7-4-14-32(17-21)26(34)23-8-3-2-6-20(23)18-33-15-5-13-30-33/h2-3,5-6,8-13,15-16,21H,4,7,14,17-18H2,1H3,(H2,28,29,31). The van der Waals surface area contributed by atoms with E-state index in [0.29, 0.717) is 25.2 Å². The molecular formula is C27H28N6O2. The molecule has 3 heterocycles. The number of ether oxygens (including phenoxy) is 1. The van der Waals surface area contributed by atoms with E-state index in [2.05, 4.69) is 15.1 Å². The van der Waals surface area contributed by atoms with Gasteiger partial charge in [-0.1, -0.05) is 30.3 Å². The first-order valence-corrected chi connectivity index (χ1v) is 11.7. The minimum absolute atomic E-state index is 0.0329. The van der Waals surface area contributed by atoms with Gasteiger partial charge in [-0.25, -0.2) is 9.97 Å².